The van der Waals surface area contributed by atoms with E-state index >= 15 is 0 Å². The summed E-state index contributed by atoms with van der Waals surface area (Å²) < 4.78 is 5.05. The number of ether oxygens (including phenoxy) is 1. The van der Waals surface area contributed by atoms with Gasteiger partial charge in [-0.15, -0.1) is 0 Å². The summed E-state index contributed by atoms with van der Waals surface area (Å²) in [5.74, 6) is 0.411. The predicted octanol–water partition coefficient (Wildman–Crippen LogP) is 3.08. The highest BCUT2D eigenvalue weighted by atomic mass is 35.5. The quantitative estimate of drug-likeness (QED) is 0.804. The number of nitrogens with one attached hydrogen (secondary N) is 1. The molecule has 0 aliphatic carbocycles. The summed E-state index contributed by atoms with van der Waals surface area (Å²) in [6, 6.07) is 3.24. The van der Waals surface area contributed by atoms with Crippen LogP contribution in [0.25, 0.3) is 0 Å². The Balaban J connectivity index is 2.55. The van der Waals surface area contributed by atoms with Crippen molar-refractivity contribution in [3.63, 3.8) is 0 Å². The molecule has 1 rings (SSSR count). The van der Waals surface area contributed by atoms with E-state index in [1.807, 2.05) is 0 Å². The van der Waals surface area contributed by atoms with Crippen molar-refractivity contribution in [3.8, 4) is 0 Å². The van der Waals surface area contributed by atoms with Gasteiger partial charge in [0.05, 0.1) is 5.02 Å². The first-order valence-electron chi connectivity index (χ1n) is 4.48. The molecular weight excluding hydrogens is 216 g/mol. The van der Waals surface area contributed by atoms with Crippen molar-refractivity contribution in [1.29, 1.82) is 0 Å². The Labute approximate surface area is 93.6 Å². The Hall–Kier alpha value is -1.29. The van der Waals surface area contributed by atoms with Gasteiger partial charge in [-0.05, 0) is 32.9 Å². The summed E-state index contributed by atoms with van der Waals surface area (Å²) >= 11 is 5.65. The lowest BCUT2D eigenvalue weighted by atomic mass is 10.2. The summed E-state index contributed by atoms with van der Waals surface area (Å²) in [5.41, 5.74) is -0.517. The summed E-state index contributed by atoms with van der Waals surface area (Å²) in [7, 11) is 0. The van der Waals surface area contributed by atoms with Crippen LogP contribution >= 0.6 is 11.6 Å². The summed E-state index contributed by atoms with van der Waals surface area (Å²) in [6.07, 6.45) is 0.922. The van der Waals surface area contributed by atoms with Gasteiger partial charge in [0.15, 0.2) is 0 Å². The number of nitrogens with zero attached hydrogens (tertiary/aromatic N) is 1. The number of carbonyl (C=O) groups is 1. The minimum absolute atomic E-state index is 0.411. The average molecular weight is 229 g/mol. The maximum absolute atomic E-state index is 11.3. The number of halogens is 1. The monoisotopic (exact) mass is 228 g/mol. The molecule has 0 spiro atoms. The van der Waals surface area contributed by atoms with E-state index < -0.39 is 11.7 Å². The molecule has 0 bridgehead atoms. The maximum Gasteiger partial charge on any atom is 0.413 e. The average Bonchev–Trinajstić information content (AvgIpc) is 2.05. The molecular formula is C10H13ClN2O2. The third kappa shape index (κ3) is 4.65. The molecule has 1 aromatic heterocycles. The van der Waals surface area contributed by atoms with Crippen LogP contribution in [0.4, 0.5) is 10.6 Å². The second-order valence-electron chi connectivity index (χ2n) is 3.99. The Morgan fingerprint density at radius 1 is 1.47 bits per heavy atom. The molecule has 0 unspecified atom stereocenters. The Morgan fingerprint density at radius 3 is 2.60 bits per heavy atom. The van der Waals surface area contributed by atoms with Crippen LogP contribution < -0.4 is 5.32 Å². The normalized spacial score (nSPS) is 10.9. The van der Waals surface area contributed by atoms with Gasteiger partial charge >= 0.3 is 6.09 Å². The zero-order chi connectivity index (χ0) is 11.5. The molecule has 0 saturated carbocycles. The maximum atomic E-state index is 11.3. The topological polar surface area (TPSA) is 51.2 Å². The molecule has 0 radical (unpaired) electrons. The fourth-order valence-corrected chi connectivity index (χ4v) is 0.970. The zero-order valence-electron chi connectivity index (χ0n) is 8.87. The molecule has 0 saturated heterocycles. The van der Waals surface area contributed by atoms with Crippen LogP contribution in [-0.2, 0) is 4.74 Å². The van der Waals surface area contributed by atoms with E-state index in [9.17, 15) is 4.79 Å². The third-order valence-electron chi connectivity index (χ3n) is 1.36. The van der Waals surface area contributed by atoms with E-state index in [0.29, 0.717) is 10.8 Å². The highest BCUT2D eigenvalue weighted by Crippen LogP contribution is 2.12. The first-order valence-corrected chi connectivity index (χ1v) is 4.86. The van der Waals surface area contributed by atoms with Gasteiger partial charge < -0.3 is 4.74 Å². The third-order valence-corrected chi connectivity index (χ3v) is 1.58. The second-order valence-corrected chi connectivity index (χ2v) is 4.42. The van der Waals surface area contributed by atoms with E-state index in [4.69, 9.17) is 16.3 Å². The molecule has 82 valence electrons. The molecule has 5 heteroatoms. The first kappa shape index (κ1) is 11.8. The van der Waals surface area contributed by atoms with Gasteiger partial charge in [0, 0.05) is 6.20 Å². The first-order chi connectivity index (χ1) is 6.87. The predicted molar refractivity (Wildman–Crippen MR) is 59.1 cm³/mol. The highest BCUT2D eigenvalue weighted by Gasteiger charge is 2.16. The van der Waals surface area contributed by atoms with Crippen molar-refractivity contribution in [2.75, 3.05) is 5.32 Å². The number of carbonyl (C=O) groups excluding carboxylic acids is 1. The number of hydrogen-bond acceptors (Lipinski definition) is 3. The number of rotatable bonds is 1. The number of amides is 1. The number of pyridine rings is 1. The Morgan fingerprint density at radius 2 is 2.13 bits per heavy atom. The molecule has 0 aromatic carbocycles. The van der Waals surface area contributed by atoms with Gasteiger partial charge in [-0.1, -0.05) is 11.6 Å². The van der Waals surface area contributed by atoms with Gasteiger partial charge in [-0.3, -0.25) is 5.32 Å². The number of anilines is 1. The Bertz CT molecular complexity index is 343. The largest absolute Gasteiger partial charge is 0.444 e. The van der Waals surface area contributed by atoms with Crippen LogP contribution in [-0.4, -0.2) is 16.7 Å². The van der Waals surface area contributed by atoms with Crippen LogP contribution in [0.2, 0.25) is 5.02 Å². The molecule has 1 N–H and O–H groups in total. The van der Waals surface area contributed by atoms with Gasteiger partial charge in [-0.2, -0.15) is 0 Å². The molecule has 0 atom stereocenters. The van der Waals surface area contributed by atoms with E-state index in [1.165, 1.54) is 6.20 Å². The number of hydrogen-bond donors (Lipinski definition) is 1. The minimum Gasteiger partial charge on any atom is -0.444 e. The van der Waals surface area contributed by atoms with E-state index in [-0.39, 0.29) is 0 Å². The van der Waals surface area contributed by atoms with Crippen LogP contribution in [0, 0.1) is 0 Å². The van der Waals surface area contributed by atoms with Crippen LogP contribution in [0.1, 0.15) is 20.8 Å². The fourth-order valence-electron chi connectivity index (χ4n) is 0.858. The standard InChI is InChI=1S/C10H13ClN2O2/c1-10(2,3)15-9(14)13-8-5-4-7(11)6-12-8/h4-6H,1-3H3,(H,12,13,14). The van der Waals surface area contributed by atoms with Crippen molar-refractivity contribution in [2.45, 2.75) is 26.4 Å². The van der Waals surface area contributed by atoms with E-state index in [0.717, 1.165) is 0 Å². The van der Waals surface area contributed by atoms with Crippen LogP contribution in [0.3, 0.4) is 0 Å². The lowest BCUT2D eigenvalue weighted by Crippen LogP contribution is -2.27. The summed E-state index contributed by atoms with van der Waals surface area (Å²) in [5, 5.41) is 3.01. The van der Waals surface area contributed by atoms with Crippen molar-refractivity contribution in [3.05, 3.63) is 23.4 Å². The van der Waals surface area contributed by atoms with Gasteiger partial charge in [0.25, 0.3) is 0 Å². The zero-order valence-corrected chi connectivity index (χ0v) is 9.63. The molecule has 0 fully saturated rings. The number of aromatic nitrogens is 1. The molecule has 0 aliphatic heterocycles. The van der Waals surface area contributed by atoms with Gasteiger partial charge in [0.1, 0.15) is 11.4 Å². The fraction of sp³-hybridized carbons (Fsp3) is 0.400. The van der Waals surface area contributed by atoms with Crippen LogP contribution in [0.15, 0.2) is 18.3 Å². The second kappa shape index (κ2) is 4.49. The van der Waals surface area contributed by atoms with Gasteiger partial charge in [-0.25, -0.2) is 9.78 Å². The lowest BCUT2D eigenvalue weighted by Gasteiger charge is -2.19. The SMILES string of the molecule is CC(C)(C)OC(=O)Nc1ccc(Cl)cn1. The van der Waals surface area contributed by atoms with Crippen molar-refractivity contribution < 1.29 is 9.53 Å². The van der Waals surface area contributed by atoms with Crippen LogP contribution in [0.5, 0.6) is 0 Å². The molecule has 0 aliphatic rings. The lowest BCUT2D eigenvalue weighted by molar-refractivity contribution is 0.0635. The summed E-state index contributed by atoms with van der Waals surface area (Å²) in [6.45, 7) is 5.38. The minimum atomic E-state index is -0.530. The Kier molecular flexibility index (Phi) is 3.52. The summed E-state index contributed by atoms with van der Waals surface area (Å²) in [4.78, 5) is 15.2. The van der Waals surface area contributed by atoms with E-state index in [2.05, 4.69) is 10.3 Å². The van der Waals surface area contributed by atoms with Gasteiger partial charge in [0.2, 0.25) is 0 Å². The highest BCUT2D eigenvalue weighted by molar-refractivity contribution is 6.30. The van der Waals surface area contributed by atoms with Crippen molar-refractivity contribution >= 4 is 23.5 Å². The molecule has 4 nitrogen and oxygen atoms in total. The molecule has 1 amide bonds. The molecule has 1 heterocycles. The molecule has 15 heavy (non-hydrogen) atoms. The van der Waals surface area contributed by atoms with Crippen molar-refractivity contribution in [2.24, 2.45) is 0 Å². The molecule has 1 aromatic rings. The van der Waals surface area contributed by atoms with E-state index in [1.54, 1.807) is 32.9 Å². The smallest absolute Gasteiger partial charge is 0.413 e. The van der Waals surface area contributed by atoms with Crippen molar-refractivity contribution in [1.82, 2.24) is 4.98 Å².